The lowest BCUT2D eigenvalue weighted by Crippen LogP contribution is -2.35. The molecule has 1 N–H and O–H groups in total. The summed E-state index contributed by atoms with van der Waals surface area (Å²) < 4.78 is 0. The molecule has 0 rings (SSSR count). The van der Waals surface area contributed by atoms with Crippen LogP contribution in [0.2, 0.25) is 0 Å². The van der Waals surface area contributed by atoms with Gasteiger partial charge < -0.3 is 5.32 Å². The van der Waals surface area contributed by atoms with Crippen LogP contribution in [0.1, 0.15) is 26.7 Å². The van der Waals surface area contributed by atoms with E-state index in [1.165, 1.54) is 0 Å². The van der Waals surface area contributed by atoms with Gasteiger partial charge in [-0.05, 0) is 17.9 Å². The second-order valence-corrected chi connectivity index (χ2v) is 3.28. The molecule has 0 aliphatic rings. The van der Waals surface area contributed by atoms with Crippen LogP contribution in [0.3, 0.4) is 0 Å². The average Bonchev–Trinajstić information content (AvgIpc) is 2.18. The van der Waals surface area contributed by atoms with Crippen LogP contribution < -0.4 is 5.32 Å². The van der Waals surface area contributed by atoms with Crippen LogP contribution in [0, 0.1) is 17.2 Å². The summed E-state index contributed by atoms with van der Waals surface area (Å²) in [7, 11) is 0. The Morgan fingerprint density at radius 2 is 2.36 bits per heavy atom. The second kappa shape index (κ2) is 8.36. The average molecular weight is 195 g/mol. The Hall–Kier alpha value is -1.24. The maximum Gasteiger partial charge on any atom is 0.0978 e. The van der Waals surface area contributed by atoms with Gasteiger partial charge in [-0.15, -0.1) is 0 Å². The van der Waals surface area contributed by atoms with Crippen molar-refractivity contribution in [3.63, 3.8) is 0 Å². The predicted octanol–water partition coefficient (Wildman–Crippen LogP) is 2.21. The summed E-state index contributed by atoms with van der Waals surface area (Å²) in [4.78, 5) is 2.64. The van der Waals surface area contributed by atoms with Gasteiger partial charge >= 0.3 is 0 Å². The van der Waals surface area contributed by atoms with Gasteiger partial charge in [0.05, 0.1) is 12.1 Å². The van der Waals surface area contributed by atoms with E-state index in [2.05, 4.69) is 35.3 Å². The molecule has 0 bridgehead atoms. The van der Waals surface area contributed by atoms with Gasteiger partial charge in [-0.3, -0.25) is 0 Å². The largest absolute Gasteiger partial charge is 0.302 e. The zero-order valence-electron chi connectivity index (χ0n) is 8.77. The van der Waals surface area contributed by atoms with Gasteiger partial charge in [-0.1, -0.05) is 25.4 Å². The number of rotatable bonds is 7. The number of nitrogens with one attached hydrogen (secondary N) is 1. The lowest BCUT2D eigenvalue weighted by atomic mass is 9.98. The summed E-state index contributed by atoms with van der Waals surface area (Å²) >= 11 is 0. The Morgan fingerprint density at radius 3 is 2.86 bits per heavy atom. The van der Waals surface area contributed by atoms with E-state index in [0.717, 1.165) is 12.8 Å². The monoisotopic (exact) mass is 195 g/mol. The van der Waals surface area contributed by atoms with Crippen molar-refractivity contribution in [1.29, 1.82) is 5.26 Å². The normalized spacial score (nSPS) is 13.8. The smallest absolute Gasteiger partial charge is 0.0978 e. The molecule has 0 heterocycles. The Kier molecular flexibility index (Phi) is 7.62. The summed E-state index contributed by atoms with van der Waals surface area (Å²) in [5.74, 6) is 0.344. The van der Waals surface area contributed by atoms with E-state index in [-0.39, 0.29) is 6.04 Å². The molecule has 0 aromatic heterocycles. The summed E-state index contributed by atoms with van der Waals surface area (Å²) in [5, 5.41) is 15.3. The summed E-state index contributed by atoms with van der Waals surface area (Å²) in [6, 6.07) is 2.08. The van der Waals surface area contributed by atoms with Gasteiger partial charge in [0.1, 0.15) is 0 Å². The fraction of sp³-hybridized carbons (Fsp3) is 0.889. The van der Waals surface area contributed by atoms with E-state index < -0.39 is 0 Å². The first-order valence-electron chi connectivity index (χ1n) is 4.90. The zero-order chi connectivity index (χ0) is 10.8. The van der Waals surface area contributed by atoms with E-state index in [9.17, 15) is 0 Å². The third kappa shape index (κ3) is 5.41. The summed E-state index contributed by atoms with van der Waals surface area (Å²) in [6.07, 6.45) is 2.12. The maximum atomic E-state index is 8.86. The van der Waals surface area contributed by atoms with E-state index in [1.807, 2.05) is 0 Å². The Labute approximate surface area is 84.7 Å². The molecule has 0 aromatic carbocycles. The van der Waals surface area contributed by atoms with Gasteiger partial charge in [-0.2, -0.15) is 5.26 Å². The highest BCUT2D eigenvalue weighted by Crippen LogP contribution is 2.09. The minimum atomic E-state index is -0.135. The first kappa shape index (κ1) is 12.8. The molecule has 0 saturated carbocycles. The van der Waals surface area contributed by atoms with Gasteiger partial charge in [0.2, 0.25) is 0 Å². The van der Waals surface area contributed by atoms with E-state index in [1.54, 1.807) is 0 Å². The highest BCUT2D eigenvalue weighted by Gasteiger charge is 2.14. The van der Waals surface area contributed by atoms with Crippen molar-refractivity contribution in [2.75, 3.05) is 13.1 Å². The highest BCUT2D eigenvalue weighted by molar-refractivity contribution is 4.93. The lowest BCUT2D eigenvalue weighted by Gasteiger charge is -2.17. The summed E-state index contributed by atoms with van der Waals surface area (Å²) in [6.45, 7) is 5.12. The van der Waals surface area contributed by atoms with Crippen molar-refractivity contribution in [1.82, 2.24) is 5.32 Å². The van der Waals surface area contributed by atoms with Crippen molar-refractivity contribution in [3.05, 3.63) is 10.4 Å². The van der Waals surface area contributed by atoms with Crippen molar-refractivity contribution >= 4 is 0 Å². The van der Waals surface area contributed by atoms with Crippen LogP contribution in [0.5, 0.6) is 0 Å². The predicted molar refractivity (Wildman–Crippen MR) is 55.5 cm³/mol. The van der Waals surface area contributed by atoms with E-state index in [4.69, 9.17) is 10.8 Å². The lowest BCUT2D eigenvalue weighted by molar-refractivity contribution is 0.417. The van der Waals surface area contributed by atoms with Crippen LogP contribution in [-0.4, -0.2) is 19.1 Å². The molecule has 0 aromatic rings. The van der Waals surface area contributed by atoms with Gasteiger partial charge in [0, 0.05) is 18.0 Å². The molecule has 5 nitrogen and oxygen atoms in total. The minimum Gasteiger partial charge on any atom is -0.302 e. The quantitative estimate of drug-likeness (QED) is 0.292. The van der Waals surface area contributed by atoms with Crippen LogP contribution in [0.4, 0.5) is 0 Å². The second-order valence-electron chi connectivity index (χ2n) is 3.28. The fourth-order valence-electron chi connectivity index (χ4n) is 1.31. The van der Waals surface area contributed by atoms with Crippen molar-refractivity contribution in [2.45, 2.75) is 32.7 Å². The number of azide groups is 1. The molecule has 2 unspecified atom stereocenters. The molecular formula is C9H17N5. The zero-order valence-corrected chi connectivity index (χ0v) is 8.77. The Bertz CT molecular complexity index is 226. The van der Waals surface area contributed by atoms with Crippen molar-refractivity contribution < 1.29 is 0 Å². The first-order chi connectivity index (χ1) is 6.76. The molecule has 2 atom stereocenters. The fourth-order valence-corrected chi connectivity index (χ4v) is 1.31. The van der Waals surface area contributed by atoms with Crippen LogP contribution in [-0.2, 0) is 0 Å². The topological polar surface area (TPSA) is 84.6 Å². The SMILES string of the molecule is CCCC(C)C(C#N)NCCN=[N+]=[N-]. The van der Waals surface area contributed by atoms with Gasteiger partial charge in [0.15, 0.2) is 0 Å². The van der Waals surface area contributed by atoms with E-state index in [0.29, 0.717) is 19.0 Å². The molecular weight excluding hydrogens is 178 g/mol. The van der Waals surface area contributed by atoms with Gasteiger partial charge in [0.25, 0.3) is 0 Å². The molecule has 0 amide bonds. The van der Waals surface area contributed by atoms with Crippen LogP contribution in [0.15, 0.2) is 5.11 Å². The minimum absolute atomic E-state index is 0.135. The molecule has 0 aliphatic heterocycles. The van der Waals surface area contributed by atoms with E-state index >= 15 is 0 Å². The van der Waals surface area contributed by atoms with Gasteiger partial charge in [-0.25, -0.2) is 0 Å². The number of nitriles is 1. The molecule has 0 fully saturated rings. The van der Waals surface area contributed by atoms with Crippen molar-refractivity contribution in [2.24, 2.45) is 11.0 Å². The molecule has 0 aliphatic carbocycles. The molecule has 0 radical (unpaired) electrons. The number of hydrogen-bond acceptors (Lipinski definition) is 3. The number of hydrogen-bond donors (Lipinski definition) is 1. The summed E-state index contributed by atoms with van der Waals surface area (Å²) in [5.41, 5.74) is 8.05. The Balaban J connectivity index is 3.79. The molecule has 0 saturated heterocycles. The van der Waals surface area contributed by atoms with Crippen LogP contribution >= 0.6 is 0 Å². The third-order valence-corrected chi connectivity index (χ3v) is 2.09. The standard InChI is InChI=1S/C9H17N5/c1-3-4-8(2)9(7-10)12-5-6-13-14-11/h8-9,12H,3-6H2,1-2H3. The number of nitrogens with zero attached hydrogens (tertiary/aromatic N) is 4. The molecule has 5 heteroatoms. The molecule has 14 heavy (non-hydrogen) atoms. The molecule has 78 valence electrons. The first-order valence-corrected chi connectivity index (χ1v) is 4.90. The third-order valence-electron chi connectivity index (χ3n) is 2.09. The van der Waals surface area contributed by atoms with Crippen LogP contribution in [0.25, 0.3) is 10.4 Å². The van der Waals surface area contributed by atoms with Crippen molar-refractivity contribution in [3.8, 4) is 6.07 Å². The molecule has 0 spiro atoms. The highest BCUT2D eigenvalue weighted by atomic mass is 15.1. The Morgan fingerprint density at radius 1 is 1.64 bits per heavy atom. The maximum absolute atomic E-state index is 8.86.